The van der Waals surface area contributed by atoms with E-state index in [2.05, 4.69) is 52.8 Å². The van der Waals surface area contributed by atoms with Gasteiger partial charge in [0.15, 0.2) is 0 Å². The number of aromatic nitrogens is 4. The van der Waals surface area contributed by atoms with E-state index < -0.39 is 0 Å². The van der Waals surface area contributed by atoms with Gasteiger partial charge < -0.3 is 16.8 Å². The highest BCUT2D eigenvalue weighted by atomic mass is 15.1. The molecular formula is C29H33N7. The molecule has 7 nitrogen and oxygen atoms in total. The second kappa shape index (κ2) is 8.91. The summed E-state index contributed by atoms with van der Waals surface area (Å²) in [6.45, 7) is 5.25. The number of hydrogen-bond acceptors (Lipinski definition) is 6. The largest absolute Gasteiger partial charge is 0.382 e. The molecule has 0 amide bonds. The number of nitrogens with two attached hydrogens (primary N) is 2. The Kier molecular flexibility index (Phi) is 5.88. The highest BCUT2D eigenvalue weighted by molar-refractivity contribution is 5.91. The number of rotatable bonds is 5. The summed E-state index contributed by atoms with van der Waals surface area (Å²) in [5.74, 6) is 3.22. The summed E-state index contributed by atoms with van der Waals surface area (Å²) in [6.07, 6.45) is 4.72. The third-order valence-electron chi connectivity index (χ3n) is 7.81. The number of anilines is 3. The zero-order valence-corrected chi connectivity index (χ0v) is 19.9. The summed E-state index contributed by atoms with van der Waals surface area (Å²) in [5, 5.41) is 4.44. The molecule has 6 rings (SSSR count). The number of pyridine rings is 1. The van der Waals surface area contributed by atoms with Crippen molar-refractivity contribution >= 4 is 33.7 Å². The normalized spacial score (nSPS) is 21.2. The monoisotopic (exact) mass is 479 g/mol. The van der Waals surface area contributed by atoms with E-state index in [1.165, 1.54) is 0 Å². The van der Waals surface area contributed by atoms with Crippen molar-refractivity contribution in [3.63, 3.8) is 0 Å². The molecule has 2 aromatic carbocycles. The van der Waals surface area contributed by atoms with Crippen LogP contribution in [0.4, 0.5) is 17.3 Å². The molecule has 5 N–H and O–H groups in total. The van der Waals surface area contributed by atoms with Crippen molar-refractivity contribution in [1.29, 1.82) is 0 Å². The Bertz CT molecular complexity index is 1540. The number of benzene rings is 2. The van der Waals surface area contributed by atoms with Gasteiger partial charge in [-0.1, -0.05) is 51.6 Å². The molecule has 1 aliphatic carbocycles. The number of nitrogens with one attached hydrogen (secondary N) is 1. The number of nitrogens with zero attached hydrogens (tertiary/aromatic N) is 4. The molecule has 0 radical (unpaired) electrons. The van der Waals surface area contributed by atoms with Crippen LogP contribution in [0.3, 0.4) is 0 Å². The number of fused-ring (bicyclic) bond motifs is 2. The van der Waals surface area contributed by atoms with Crippen LogP contribution in [0.1, 0.15) is 33.5 Å². The summed E-state index contributed by atoms with van der Waals surface area (Å²) < 4.78 is 2.12. The smallest absolute Gasteiger partial charge is 0.150 e. The Morgan fingerprint density at radius 1 is 1.08 bits per heavy atom. The average Bonchev–Trinajstić information content (AvgIpc) is 3.28. The number of nitrogen functional groups attached to an aromatic ring is 1. The van der Waals surface area contributed by atoms with E-state index >= 15 is 0 Å². The fraction of sp³-hybridized carbons (Fsp3) is 0.276. The van der Waals surface area contributed by atoms with E-state index in [-0.39, 0.29) is 12.8 Å². The maximum absolute atomic E-state index is 6.40. The molecule has 0 spiro atoms. The molecule has 3 atom stereocenters. The van der Waals surface area contributed by atoms with Gasteiger partial charge in [0.05, 0.1) is 5.52 Å². The summed E-state index contributed by atoms with van der Waals surface area (Å²) in [5.41, 5.74) is 16.9. The van der Waals surface area contributed by atoms with E-state index in [0.717, 1.165) is 51.4 Å². The van der Waals surface area contributed by atoms with Crippen molar-refractivity contribution in [2.45, 2.75) is 33.1 Å². The van der Waals surface area contributed by atoms with Gasteiger partial charge in [-0.15, -0.1) is 0 Å². The fourth-order valence-electron chi connectivity index (χ4n) is 5.52. The lowest BCUT2D eigenvalue weighted by molar-refractivity contribution is 0.0580. The Labute approximate surface area is 211 Å². The van der Waals surface area contributed by atoms with Crippen LogP contribution in [0.2, 0.25) is 0 Å². The number of hydrogen-bond donors (Lipinski definition) is 3. The maximum atomic E-state index is 6.40. The lowest BCUT2D eigenvalue weighted by Gasteiger charge is -2.50. The topological polar surface area (TPSA) is 107 Å². The Morgan fingerprint density at radius 3 is 2.61 bits per heavy atom. The Hall–Kier alpha value is -3.97. The molecule has 0 saturated heterocycles. The predicted octanol–water partition coefficient (Wildman–Crippen LogP) is 5.78. The molecule has 0 bridgehead atoms. The first-order chi connectivity index (χ1) is 17.0. The summed E-state index contributed by atoms with van der Waals surface area (Å²) in [6, 6.07) is 20.4. The Balaban J connectivity index is 0.00000267. The molecule has 3 unspecified atom stereocenters. The second-order valence-electron chi connectivity index (χ2n) is 9.82. The van der Waals surface area contributed by atoms with Crippen LogP contribution < -0.4 is 16.8 Å². The maximum Gasteiger partial charge on any atom is 0.150 e. The van der Waals surface area contributed by atoms with Gasteiger partial charge in [0, 0.05) is 34.4 Å². The van der Waals surface area contributed by atoms with E-state index in [0.29, 0.717) is 24.2 Å². The van der Waals surface area contributed by atoms with Crippen LogP contribution in [-0.2, 0) is 5.41 Å². The molecule has 184 valence electrons. The summed E-state index contributed by atoms with van der Waals surface area (Å²) in [7, 11) is 0. The van der Waals surface area contributed by atoms with E-state index in [9.17, 15) is 0 Å². The van der Waals surface area contributed by atoms with Gasteiger partial charge in [-0.3, -0.25) is 4.40 Å². The minimum absolute atomic E-state index is 0. The second-order valence-corrected chi connectivity index (χ2v) is 9.82. The number of imidazole rings is 1. The zero-order valence-electron chi connectivity index (χ0n) is 19.9. The highest BCUT2D eigenvalue weighted by Crippen LogP contribution is 2.52. The van der Waals surface area contributed by atoms with Gasteiger partial charge in [-0.2, -0.15) is 0 Å². The van der Waals surface area contributed by atoms with Gasteiger partial charge in [0.1, 0.15) is 28.7 Å². The van der Waals surface area contributed by atoms with Gasteiger partial charge in [-0.25, -0.2) is 15.0 Å². The van der Waals surface area contributed by atoms with Crippen LogP contribution in [0, 0.1) is 11.8 Å². The molecule has 1 fully saturated rings. The van der Waals surface area contributed by atoms with E-state index in [4.69, 9.17) is 21.4 Å². The number of para-hydroxylation sites is 1. The SMILES string of the molecule is C.CC1C(CN)CC1(C)c1nc(-c2ccc3ccc(Nc4ccccc4)nc3c2)c2c(N)nccn12. The molecule has 3 aromatic heterocycles. The first-order valence-electron chi connectivity index (χ1n) is 12.0. The van der Waals surface area contributed by atoms with Crippen LogP contribution in [0.25, 0.3) is 27.7 Å². The average molecular weight is 480 g/mol. The minimum Gasteiger partial charge on any atom is -0.382 e. The van der Waals surface area contributed by atoms with Crippen LogP contribution in [-0.4, -0.2) is 25.9 Å². The van der Waals surface area contributed by atoms with Crippen molar-refractivity contribution < 1.29 is 0 Å². The van der Waals surface area contributed by atoms with E-state index in [1.807, 2.05) is 42.6 Å². The minimum atomic E-state index is -0.0686. The van der Waals surface area contributed by atoms with Crippen molar-refractivity contribution in [1.82, 2.24) is 19.4 Å². The molecule has 5 aromatic rings. The molecule has 3 heterocycles. The van der Waals surface area contributed by atoms with Gasteiger partial charge in [0.2, 0.25) is 0 Å². The fourth-order valence-corrected chi connectivity index (χ4v) is 5.52. The lowest BCUT2D eigenvalue weighted by Crippen LogP contribution is -2.51. The third-order valence-corrected chi connectivity index (χ3v) is 7.81. The quantitative estimate of drug-likeness (QED) is 0.295. The standard InChI is InChI=1S/C28H29N7.CH4/c1-17-20(16-29)15-28(17,2)27-34-24(25-26(30)31-12-13-35(25)27)19-9-8-18-10-11-23(33-22(18)14-19)32-21-6-4-3-5-7-21;/h3-14,17,20H,15-16,29H2,1-2H3,(H2,30,31)(H,32,33);1H4. The first kappa shape index (κ1) is 23.8. The van der Waals surface area contributed by atoms with Crippen LogP contribution >= 0.6 is 0 Å². The molecule has 1 saturated carbocycles. The van der Waals surface area contributed by atoms with Crippen molar-refractivity contribution in [2.75, 3.05) is 17.6 Å². The zero-order chi connectivity index (χ0) is 24.2. The van der Waals surface area contributed by atoms with Gasteiger partial charge in [-0.05, 0) is 55.1 Å². The molecule has 0 aliphatic heterocycles. The summed E-state index contributed by atoms with van der Waals surface area (Å²) in [4.78, 5) is 14.4. The van der Waals surface area contributed by atoms with Gasteiger partial charge in [0.25, 0.3) is 0 Å². The van der Waals surface area contributed by atoms with Crippen LogP contribution in [0.15, 0.2) is 73.1 Å². The molecule has 1 aliphatic rings. The van der Waals surface area contributed by atoms with Crippen molar-refractivity contribution in [2.24, 2.45) is 17.6 Å². The lowest BCUT2D eigenvalue weighted by atomic mass is 9.55. The van der Waals surface area contributed by atoms with Crippen molar-refractivity contribution in [3.8, 4) is 11.3 Å². The Morgan fingerprint density at radius 2 is 1.86 bits per heavy atom. The van der Waals surface area contributed by atoms with Crippen LogP contribution in [0.5, 0.6) is 0 Å². The van der Waals surface area contributed by atoms with Gasteiger partial charge >= 0.3 is 0 Å². The predicted molar refractivity (Wildman–Crippen MR) is 148 cm³/mol. The third kappa shape index (κ3) is 3.67. The molecule has 36 heavy (non-hydrogen) atoms. The van der Waals surface area contributed by atoms with E-state index in [1.54, 1.807) is 6.20 Å². The molecular weight excluding hydrogens is 446 g/mol. The molecule has 7 heteroatoms. The van der Waals surface area contributed by atoms with Crippen molar-refractivity contribution in [3.05, 3.63) is 78.9 Å². The summed E-state index contributed by atoms with van der Waals surface area (Å²) >= 11 is 0. The first-order valence-corrected chi connectivity index (χ1v) is 12.0. The highest BCUT2D eigenvalue weighted by Gasteiger charge is 2.50.